The minimum Gasteiger partial charge on any atom is -0.478 e. The van der Waals surface area contributed by atoms with Crippen molar-refractivity contribution in [2.24, 2.45) is 0 Å². The van der Waals surface area contributed by atoms with Gasteiger partial charge in [-0.15, -0.1) is 0 Å². The highest BCUT2D eigenvalue weighted by Crippen LogP contribution is 2.20. The zero-order chi connectivity index (χ0) is 14.0. The molecule has 19 heavy (non-hydrogen) atoms. The van der Waals surface area contributed by atoms with Crippen LogP contribution in [0.3, 0.4) is 0 Å². The Morgan fingerprint density at radius 2 is 2.21 bits per heavy atom. The predicted octanol–water partition coefficient (Wildman–Crippen LogP) is 2.43. The molecule has 7 heteroatoms. The molecule has 0 fully saturated rings. The lowest BCUT2D eigenvalue weighted by atomic mass is 10.2. The maximum atomic E-state index is 12.0. The molecule has 0 unspecified atom stereocenters. The number of amides is 1. The molecule has 0 atom stereocenters. The van der Waals surface area contributed by atoms with Crippen molar-refractivity contribution in [1.82, 2.24) is 9.97 Å². The van der Waals surface area contributed by atoms with Gasteiger partial charge in [0.05, 0.1) is 5.69 Å². The Kier molecular flexibility index (Phi) is 3.66. The fourth-order valence-corrected chi connectivity index (χ4v) is 2.00. The molecule has 2 aromatic rings. The summed E-state index contributed by atoms with van der Waals surface area (Å²) in [6.45, 7) is 1.63. The van der Waals surface area contributed by atoms with Crippen LogP contribution in [0.2, 0.25) is 0 Å². The monoisotopic (exact) mass is 323 g/mol. The number of hydrogen-bond acceptors (Lipinski definition) is 3. The summed E-state index contributed by atoms with van der Waals surface area (Å²) in [5.74, 6) is -1.49. The number of rotatable bonds is 3. The Labute approximate surface area is 117 Å². The molecule has 0 bridgehead atoms. The number of aromatic amines is 1. The molecule has 0 aliphatic carbocycles. The second-order valence-electron chi connectivity index (χ2n) is 3.83. The third-order valence-electron chi connectivity index (χ3n) is 2.53. The van der Waals surface area contributed by atoms with Gasteiger partial charge >= 0.3 is 5.97 Å². The lowest BCUT2D eigenvalue weighted by molar-refractivity contribution is 0.0697. The number of halogens is 1. The van der Waals surface area contributed by atoms with Crippen LogP contribution in [0.15, 0.2) is 29.1 Å². The number of aryl methyl sites for hydroxylation is 1. The Bertz CT molecular complexity index is 651. The largest absolute Gasteiger partial charge is 0.478 e. The molecule has 0 aromatic carbocycles. The van der Waals surface area contributed by atoms with Gasteiger partial charge in [-0.2, -0.15) is 0 Å². The van der Waals surface area contributed by atoms with Gasteiger partial charge in [-0.3, -0.25) is 4.79 Å². The van der Waals surface area contributed by atoms with Crippen molar-refractivity contribution in [1.29, 1.82) is 0 Å². The van der Waals surface area contributed by atoms with Gasteiger partial charge in [-0.25, -0.2) is 9.78 Å². The smallest absolute Gasteiger partial charge is 0.339 e. The summed E-state index contributed by atoms with van der Waals surface area (Å²) in [4.78, 5) is 29.8. The Balaban J connectivity index is 2.27. The van der Waals surface area contributed by atoms with E-state index >= 15 is 0 Å². The number of carboxylic acids is 1. The lowest BCUT2D eigenvalue weighted by Crippen LogP contribution is -2.14. The van der Waals surface area contributed by atoms with Crippen molar-refractivity contribution < 1.29 is 14.7 Å². The number of carbonyl (C=O) groups is 2. The fraction of sp³-hybridized carbons (Fsp3) is 0.0833. The van der Waals surface area contributed by atoms with E-state index in [1.54, 1.807) is 19.1 Å². The summed E-state index contributed by atoms with van der Waals surface area (Å²) in [5, 5.41) is 11.6. The molecule has 2 heterocycles. The van der Waals surface area contributed by atoms with E-state index in [1.165, 1.54) is 12.4 Å². The number of aromatic nitrogens is 2. The molecule has 1 amide bonds. The van der Waals surface area contributed by atoms with E-state index in [-0.39, 0.29) is 11.3 Å². The second-order valence-corrected chi connectivity index (χ2v) is 4.64. The fourth-order valence-electron chi connectivity index (χ4n) is 1.64. The minimum absolute atomic E-state index is 0.0569. The van der Waals surface area contributed by atoms with E-state index in [1.807, 2.05) is 0 Å². The first kappa shape index (κ1) is 13.3. The SMILES string of the molecule is Cc1[nH]cc(NC(=O)c2ccnc(Br)c2)c1C(=O)O. The summed E-state index contributed by atoms with van der Waals surface area (Å²) < 4.78 is 0.531. The zero-order valence-corrected chi connectivity index (χ0v) is 11.5. The van der Waals surface area contributed by atoms with Crippen molar-refractivity contribution in [2.45, 2.75) is 6.92 Å². The van der Waals surface area contributed by atoms with Gasteiger partial charge in [-0.05, 0) is 35.0 Å². The van der Waals surface area contributed by atoms with Gasteiger partial charge in [0.15, 0.2) is 0 Å². The van der Waals surface area contributed by atoms with Gasteiger partial charge < -0.3 is 15.4 Å². The van der Waals surface area contributed by atoms with Gasteiger partial charge in [-0.1, -0.05) is 0 Å². The van der Waals surface area contributed by atoms with Gasteiger partial charge in [0.1, 0.15) is 10.2 Å². The maximum Gasteiger partial charge on any atom is 0.339 e. The number of nitrogens with zero attached hydrogens (tertiary/aromatic N) is 1. The quantitative estimate of drug-likeness (QED) is 0.756. The van der Waals surface area contributed by atoms with Crippen LogP contribution in [0, 0.1) is 6.92 Å². The number of aromatic carboxylic acids is 1. The van der Waals surface area contributed by atoms with Crippen molar-refractivity contribution >= 4 is 33.5 Å². The van der Waals surface area contributed by atoms with Crippen molar-refractivity contribution in [2.75, 3.05) is 5.32 Å². The number of carbonyl (C=O) groups excluding carboxylic acids is 1. The van der Waals surface area contributed by atoms with E-state index in [0.29, 0.717) is 15.9 Å². The number of nitrogens with one attached hydrogen (secondary N) is 2. The summed E-state index contributed by atoms with van der Waals surface area (Å²) in [5.41, 5.74) is 1.17. The molecule has 98 valence electrons. The minimum atomic E-state index is -1.09. The average molecular weight is 324 g/mol. The van der Waals surface area contributed by atoms with Crippen LogP contribution in [0.1, 0.15) is 26.4 Å². The standard InChI is InChI=1S/C12H10BrN3O3/c1-6-10(12(18)19)8(5-15-6)16-11(17)7-2-3-14-9(13)4-7/h2-5,15H,1H3,(H,16,17)(H,18,19). The second kappa shape index (κ2) is 5.23. The molecular formula is C12H10BrN3O3. The molecule has 0 aliphatic heterocycles. The highest BCUT2D eigenvalue weighted by molar-refractivity contribution is 9.10. The molecule has 2 rings (SSSR count). The Hall–Kier alpha value is -2.15. The summed E-state index contributed by atoms with van der Waals surface area (Å²) in [7, 11) is 0. The average Bonchev–Trinajstić information content (AvgIpc) is 2.70. The first-order chi connectivity index (χ1) is 8.99. The number of anilines is 1. The first-order valence-electron chi connectivity index (χ1n) is 5.33. The molecular weight excluding hydrogens is 314 g/mol. The molecule has 0 radical (unpaired) electrons. The zero-order valence-electron chi connectivity index (χ0n) is 9.90. The lowest BCUT2D eigenvalue weighted by Gasteiger charge is -2.05. The molecule has 3 N–H and O–H groups in total. The van der Waals surface area contributed by atoms with Crippen LogP contribution in [0.4, 0.5) is 5.69 Å². The van der Waals surface area contributed by atoms with E-state index in [4.69, 9.17) is 5.11 Å². The first-order valence-corrected chi connectivity index (χ1v) is 6.12. The normalized spacial score (nSPS) is 10.2. The molecule has 6 nitrogen and oxygen atoms in total. The highest BCUT2D eigenvalue weighted by Gasteiger charge is 2.17. The number of carboxylic acid groups (broad SMARTS) is 1. The molecule has 0 spiro atoms. The maximum absolute atomic E-state index is 12.0. The number of hydrogen-bond donors (Lipinski definition) is 3. The van der Waals surface area contributed by atoms with Crippen LogP contribution < -0.4 is 5.32 Å². The van der Waals surface area contributed by atoms with Crippen LogP contribution in [-0.2, 0) is 0 Å². The molecule has 0 saturated carbocycles. The third-order valence-corrected chi connectivity index (χ3v) is 2.96. The number of pyridine rings is 1. The Morgan fingerprint density at radius 1 is 1.47 bits per heavy atom. The predicted molar refractivity (Wildman–Crippen MR) is 72.4 cm³/mol. The topological polar surface area (TPSA) is 95.1 Å². The van der Waals surface area contributed by atoms with Gasteiger partial charge in [0.25, 0.3) is 5.91 Å². The van der Waals surface area contributed by atoms with E-state index < -0.39 is 11.9 Å². The number of H-pyrrole nitrogens is 1. The summed E-state index contributed by atoms with van der Waals surface area (Å²) in [6.07, 6.45) is 2.94. The van der Waals surface area contributed by atoms with Gasteiger partial charge in [0.2, 0.25) is 0 Å². The van der Waals surface area contributed by atoms with E-state index in [0.717, 1.165) is 0 Å². The van der Waals surface area contributed by atoms with Crippen LogP contribution >= 0.6 is 15.9 Å². The van der Waals surface area contributed by atoms with Crippen LogP contribution in [-0.4, -0.2) is 27.0 Å². The van der Waals surface area contributed by atoms with Crippen LogP contribution in [0.25, 0.3) is 0 Å². The summed E-state index contributed by atoms with van der Waals surface area (Å²) in [6, 6.07) is 3.09. The van der Waals surface area contributed by atoms with Crippen molar-refractivity contribution in [3.05, 3.63) is 46.0 Å². The van der Waals surface area contributed by atoms with Crippen molar-refractivity contribution in [3.63, 3.8) is 0 Å². The summed E-state index contributed by atoms with van der Waals surface area (Å²) >= 11 is 3.17. The third kappa shape index (κ3) is 2.82. The molecule has 2 aromatic heterocycles. The van der Waals surface area contributed by atoms with E-state index in [9.17, 15) is 9.59 Å². The van der Waals surface area contributed by atoms with Crippen molar-refractivity contribution in [3.8, 4) is 0 Å². The molecule has 0 saturated heterocycles. The van der Waals surface area contributed by atoms with E-state index in [2.05, 4.69) is 31.2 Å². The molecule has 0 aliphatic rings. The highest BCUT2D eigenvalue weighted by atomic mass is 79.9. The Morgan fingerprint density at radius 3 is 2.84 bits per heavy atom. The van der Waals surface area contributed by atoms with Crippen LogP contribution in [0.5, 0.6) is 0 Å². The van der Waals surface area contributed by atoms with Gasteiger partial charge in [0, 0.05) is 23.7 Å².